The van der Waals surface area contributed by atoms with E-state index in [2.05, 4.69) is 159 Å². The lowest BCUT2D eigenvalue weighted by atomic mass is 10.00. The first kappa shape index (κ1) is 39.9. The molecule has 72 heavy (non-hydrogen) atoms. The average Bonchev–Trinajstić information content (AvgIpc) is 4.19. The largest absolute Gasteiger partial charge is 0.454 e. The zero-order chi connectivity index (χ0) is 47.4. The number of hydrogen-bond acceptors (Lipinski definition) is 5. The molecule has 0 saturated carbocycles. The summed E-state index contributed by atoms with van der Waals surface area (Å²) in [6.07, 6.45) is 0. The van der Waals surface area contributed by atoms with Gasteiger partial charge in [0.25, 0.3) is 0 Å². The summed E-state index contributed by atoms with van der Waals surface area (Å²) < 4.78 is 14.1. The first-order chi connectivity index (χ1) is 35.7. The predicted octanol–water partition coefficient (Wildman–Crippen LogP) is 15.9. The molecule has 8 heteroatoms. The normalized spacial score (nSPS) is 11.9. The van der Waals surface area contributed by atoms with Crippen molar-refractivity contribution in [2.24, 2.45) is 0 Å². The second-order valence-electron chi connectivity index (χ2n) is 18.3. The van der Waals surface area contributed by atoms with E-state index >= 15 is 0 Å². The van der Waals surface area contributed by atoms with Gasteiger partial charge >= 0.3 is 0 Å². The van der Waals surface area contributed by atoms with Crippen molar-refractivity contribution in [3.63, 3.8) is 0 Å². The van der Waals surface area contributed by atoms with E-state index in [1.807, 2.05) is 84.9 Å². The van der Waals surface area contributed by atoms with Gasteiger partial charge in [0.2, 0.25) is 0 Å². The Morgan fingerprint density at radius 2 is 0.819 bits per heavy atom. The SMILES string of the molecule is N#Cc1cc(-c2nc(-c3ccccc3)nc(-c3ccccc3)n2)c2c(oc3ccccc32)c1-n1c2ccc(-n3c4ccccc4c4ccccc43)cc2c2cc3c(cc21)c1ccccc1n3-c1ccccc1. The predicted molar refractivity (Wildman–Crippen MR) is 291 cm³/mol. The third-order valence-electron chi connectivity index (χ3n) is 14.3. The maximum Gasteiger partial charge on any atom is 0.164 e. The van der Waals surface area contributed by atoms with Gasteiger partial charge in [-0.2, -0.15) is 5.26 Å². The van der Waals surface area contributed by atoms with Crippen LogP contribution in [0.15, 0.2) is 229 Å². The maximum atomic E-state index is 11.6. The molecule has 0 aliphatic rings. The fourth-order valence-corrected chi connectivity index (χ4v) is 11.2. The molecule has 0 fully saturated rings. The van der Waals surface area contributed by atoms with Crippen LogP contribution < -0.4 is 0 Å². The molecule has 0 bridgehead atoms. The highest BCUT2D eigenvalue weighted by molar-refractivity contribution is 6.22. The first-order valence-corrected chi connectivity index (χ1v) is 24.0. The number of rotatable bonds is 6. The topological polar surface area (TPSA) is 90.4 Å². The van der Waals surface area contributed by atoms with Gasteiger partial charge in [-0.3, -0.25) is 0 Å². The monoisotopic (exact) mass is 919 g/mol. The minimum absolute atomic E-state index is 0.413. The Morgan fingerprint density at radius 3 is 1.43 bits per heavy atom. The molecule has 0 atom stereocenters. The molecule has 0 spiro atoms. The molecule has 0 unspecified atom stereocenters. The van der Waals surface area contributed by atoms with Gasteiger partial charge in [-0.25, -0.2) is 15.0 Å². The van der Waals surface area contributed by atoms with Crippen LogP contribution in [-0.2, 0) is 0 Å². The fraction of sp³-hybridized carbons (Fsp3) is 0. The summed E-state index contributed by atoms with van der Waals surface area (Å²) in [5, 5.41) is 20.0. The number of furan rings is 1. The standard InChI is InChI=1S/C64H37N7O/c65-38-41-34-51(64-67-62(39-18-4-1-5-19-39)66-63(68-64)40-20-6-2-7-21-40)59-47-27-13-17-31-58(47)72-61(59)60(41)71-55-33-32-43(70-52-28-14-10-24-44(52)45-25-11-15-29-53(45)70)35-48(55)50-37-56-49(36-57(50)71)46-26-12-16-30-54(46)69(56)42-22-8-3-9-23-42/h1-37H. The van der Waals surface area contributed by atoms with Crippen LogP contribution >= 0.6 is 0 Å². The highest BCUT2D eigenvalue weighted by Gasteiger charge is 2.28. The number of nitriles is 1. The number of nitrogens with zero attached hydrogens (tertiary/aromatic N) is 7. The number of hydrogen-bond donors (Lipinski definition) is 0. The van der Waals surface area contributed by atoms with Crippen molar-refractivity contribution >= 4 is 87.4 Å². The first-order valence-electron chi connectivity index (χ1n) is 24.0. The quantitative estimate of drug-likeness (QED) is 0.166. The summed E-state index contributed by atoms with van der Waals surface area (Å²) >= 11 is 0. The molecule has 0 aliphatic carbocycles. The van der Waals surface area contributed by atoms with Crippen LogP contribution in [0.25, 0.3) is 139 Å². The van der Waals surface area contributed by atoms with Gasteiger partial charge in [0.1, 0.15) is 17.3 Å². The van der Waals surface area contributed by atoms with Gasteiger partial charge in [0, 0.05) is 71.2 Å². The zero-order valence-corrected chi connectivity index (χ0v) is 38.4. The molecule has 0 N–H and O–H groups in total. The smallest absolute Gasteiger partial charge is 0.164 e. The second-order valence-corrected chi connectivity index (χ2v) is 18.3. The maximum absolute atomic E-state index is 11.6. The Morgan fingerprint density at radius 1 is 0.361 bits per heavy atom. The van der Waals surface area contributed by atoms with Crippen molar-refractivity contribution < 1.29 is 4.42 Å². The molecular weight excluding hydrogens is 883 g/mol. The van der Waals surface area contributed by atoms with Crippen LogP contribution in [0.3, 0.4) is 0 Å². The molecule has 5 heterocycles. The van der Waals surface area contributed by atoms with Crippen molar-refractivity contribution in [3.8, 4) is 57.3 Å². The minimum Gasteiger partial charge on any atom is -0.454 e. The van der Waals surface area contributed by atoms with Gasteiger partial charge in [-0.15, -0.1) is 0 Å². The van der Waals surface area contributed by atoms with Crippen LogP contribution in [0.4, 0.5) is 0 Å². The van der Waals surface area contributed by atoms with E-state index in [0.29, 0.717) is 45.5 Å². The summed E-state index contributed by atoms with van der Waals surface area (Å²) in [5.41, 5.74) is 13.1. The number of fused-ring (bicyclic) bond motifs is 12. The van der Waals surface area contributed by atoms with Crippen molar-refractivity contribution in [1.82, 2.24) is 28.7 Å². The van der Waals surface area contributed by atoms with E-state index in [4.69, 9.17) is 19.4 Å². The van der Waals surface area contributed by atoms with Gasteiger partial charge in [-0.1, -0.05) is 152 Å². The summed E-state index contributed by atoms with van der Waals surface area (Å²) in [5.74, 6) is 1.50. The van der Waals surface area contributed by atoms with Crippen LogP contribution in [0, 0.1) is 11.3 Å². The lowest BCUT2D eigenvalue weighted by Crippen LogP contribution is -2.03. The van der Waals surface area contributed by atoms with E-state index < -0.39 is 0 Å². The third kappa shape index (κ3) is 5.82. The van der Waals surface area contributed by atoms with Crippen molar-refractivity contribution in [3.05, 3.63) is 230 Å². The molecule has 0 amide bonds. The van der Waals surface area contributed by atoms with Gasteiger partial charge in [0.15, 0.2) is 23.1 Å². The van der Waals surface area contributed by atoms with E-state index in [0.717, 1.165) is 87.9 Å². The molecule has 0 radical (unpaired) electrons. The minimum atomic E-state index is 0.413. The van der Waals surface area contributed by atoms with Crippen molar-refractivity contribution in [2.45, 2.75) is 0 Å². The van der Waals surface area contributed by atoms with Gasteiger partial charge < -0.3 is 18.1 Å². The Hall–Kier alpha value is -10.1. The molecular formula is C64H37N7O. The summed E-state index contributed by atoms with van der Waals surface area (Å²) in [6.45, 7) is 0. The number of para-hydroxylation sites is 5. The van der Waals surface area contributed by atoms with E-state index in [1.165, 1.54) is 10.8 Å². The van der Waals surface area contributed by atoms with E-state index in [1.54, 1.807) is 0 Å². The van der Waals surface area contributed by atoms with E-state index in [9.17, 15) is 5.26 Å². The fourth-order valence-electron chi connectivity index (χ4n) is 11.2. The zero-order valence-electron chi connectivity index (χ0n) is 38.4. The molecule has 0 aliphatic heterocycles. The Balaban J connectivity index is 1.08. The highest BCUT2D eigenvalue weighted by Crippen LogP contribution is 2.46. The highest BCUT2D eigenvalue weighted by atomic mass is 16.3. The van der Waals surface area contributed by atoms with Crippen LogP contribution in [0.2, 0.25) is 0 Å². The lowest BCUT2D eigenvalue weighted by Gasteiger charge is -2.15. The van der Waals surface area contributed by atoms with E-state index in [-0.39, 0.29) is 0 Å². The van der Waals surface area contributed by atoms with Crippen LogP contribution in [0.5, 0.6) is 0 Å². The molecule has 0 saturated heterocycles. The van der Waals surface area contributed by atoms with Gasteiger partial charge in [0.05, 0.1) is 38.7 Å². The van der Waals surface area contributed by atoms with Crippen molar-refractivity contribution in [1.29, 1.82) is 5.26 Å². The molecule has 334 valence electrons. The third-order valence-corrected chi connectivity index (χ3v) is 14.3. The molecule has 15 aromatic rings. The van der Waals surface area contributed by atoms with Gasteiger partial charge in [-0.05, 0) is 72.8 Å². The molecule has 10 aromatic carbocycles. The Bertz CT molecular complexity index is 4640. The molecule has 15 rings (SSSR count). The number of aromatic nitrogens is 6. The average molecular weight is 920 g/mol. The lowest BCUT2D eigenvalue weighted by molar-refractivity contribution is 0.666. The van der Waals surface area contributed by atoms with Crippen molar-refractivity contribution in [2.75, 3.05) is 0 Å². The second kappa shape index (κ2) is 15.5. The molecule has 5 aromatic heterocycles. The Labute approximate surface area is 411 Å². The van der Waals surface area contributed by atoms with Crippen LogP contribution in [-0.4, -0.2) is 28.7 Å². The summed E-state index contributed by atoms with van der Waals surface area (Å²) in [7, 11) is 0. The summed E-state index contributed by atoms with van der Waals surface area (Å²) in [6, 6.07) is 80.3. The Kier molecular flexibility index (Phi) is 8.55. The van der Waals surface area contributed by atoms with Crippen LogP contribution in [0.1, 0.15) is 5.56 Å². The summed E-state index contributed by atoms with van der Waals surface area (Å²) in [4.78, 5) is 15.4. The molecule has 8 nitrogen and oxygen atoms in total. The number of benzene rings is 10.